The Kier molecular flexibility index (Phi) is 2.79. The maximum Gasteiger partial charge on any atom is 0.132 e. The Balaban J connectivity index is 1.98. The number of H-pyrrole nitrogens is 1. The summed E-state index contributed by atoms with van der Waals surface area (Å²) in [5.74, 6) is -0.242. The van der Waals surface area contributed by atoms with Gasteiger partial charge in [-0.1, -0.05) is 18.2 Å². The van der Waals surface area contributed by atoms with Crippen LogP contribution in [0.4, 0.5) is 4.39 Å². The van der Waals surface area contributed by atoms with Crippen LogP contribution in [0.5, 0.6) is 0 Å². The quantitative estimate of drug-likeness (QED) is 0.501. The molecule has 2 nitrogen and oxygen atoms in total. The van der Waals surface area contributed by atoms with E-state index < -0.39 is 0 Å². The number of benzene rings is 2. The van der Waals surface area contributed by atoms with E-state index in [1.807, 2.05) is 36.5 Å². The van der Waals surface area contributed by atoms with Gasteiger partial charge in [-0.2, -0.15) is 0 Å². The maximum atomic E-state index is 13.7. The van der Waals surface area contributed by atoms with Gasteiger partial charge in [-0.05, 0) is 46.3 Å². The zero-order valence-corrected chi connectivity index (χ0v) is 12.5. The number of rotatable bonds is 1. The number of hydrogen-bond donors (Lipinski definition) is 1. The minimum absolute atomic E-state index is 0.242. The van der Waals surface area contributed by atoms with Gasteiger partial charge in [0.1, 0.15) is 5.82 Å². The maximum absolute atomic E-state index is 13.7. The molecule has 0 saturated heterocycles. The first-order chi connectivity index (χ1) is 10.2. The van der Waals surface area contributed by atoms with Crippen molar-refractivity contribution in [3.8, 4) is 11.3 Å². The SMILES string of the molecule is Fc1cccc2nc(-c3c[nH]c4c(Br)cccc34)ccc12. The Hall–Kier alpha value is -2.20. The third-order valence-electron chi connectivity index (χ3n) is 3.62. The van der Waals surface area contributed by atoms with Gasteiger partial charge in [-0.15, -0.1) is 0 Å². The number of aromatic nitrogens is 2. The van der Waals surface area contributed by atoms with Crippen LogP contribution >= 0.6 is 15.9 Å². The molecule has 4 rings (SSSR count). The molecule has 0 aliphatic heterocycles. The first-order valence-corrected chi connectivity index (χ1v) is 7.34. The molecule has 0 amide bonds. The van der Waals surface area contributed by atoms with E-state index >= 15 is 0 Å². The molecule has 102 valence electrons. The lowest BCUT2D eigenvalue weighted by Crippen LogP contribution is -1.86. The molecule has 0 radical (unpaired) electrons. The summed E-state index contributed by atoms with van der Waals surface area (Å²) in [6.07, 6.45) is 1.93. The topological polar surface area (TPSA) is 28.7 Å². The molecule has 2 aromatic carbocycles. The minimum Gasteiger partial charge on any atom is -0.360 e. The van der Waals surface area contributed by atoms with Crippen LogP contribution in [-0.4, -0.2) is 9.97 Å². The summed E-state index contributed by atoms with van der Waals surface area (Å²) in [6.45, 7) is 0. The molecule has 0 spiro atoms. The van der Waals surface area contributed by atoms with Crippen LogP contribution in [0, 0.1) is 5.82 Å². The molecule has 4 aromatic rings. The Labute approximate surface area is 128 Å². The van der Waals surface area contributed by atoms with E-state index in [0.29, 0.717) is 10.9 Å². The van der Waals surface area contributed by atoms with E-state index in [1.54, 1.807) is 12.1 Å². The van der Waals surface area contributed by atoms with E-state index in [0.717, 1.165) is 26.6 Å². The van der Waals surface area contributed by atoms with Gasteiger partial charge in [0, 0.05) is 27.0 Å². The van der Waals surface area contributed by atoms with E-state index in [9.17, 15) is 4.39 Å². The number of aromatic amines is 1. The van der Waals surface area contributed by atoms with E-state index in [4.69, 9.17) is 0 Å². The monoisotopic (exact) mass is 340 g/mol. The molecule has 0 saturated carbocycles. The molecule has 2 aromatic heterocycles. The second kappa shape index (κ2) is 4.67. The first kappa shape index (κ1) is 12.5. The highest BCUT2D eigenvalue weighted by Gasteiger charge is 2.10. The molecule has 0 fully saturated rings. The van der Waals surface area contributed by atoms with Crippen molar-refractivity contribution in [3.63, 3.8) is 0 Å². The molecule has 0 bridgehead atoms. The van der Waals surface area contributed by atoms with Crippen LogP contribution < -0.4 is 0 Å². The lowest BCUT2D eigenvalue weighted by molar-refractivity contribution is 0.639. The predicted octanol–water partition coefficient (Wildman–Crippen LogP) is 5.28. The largest absolute Gasteiger partial charge is 0.360 e. The Morgan fingerprint density at radius 2 is 1.81 bits per heavy atom. The van der Waals surface area contributed by atoms with Crippen LogP contribution in [0.25, 0.3) is 33.1 Å². The summed E-state index contributed by atoms with van der Waals surface area (Å²) < 4.78 is 14.7. The summed E-state index contributed by atoms with van der Waals surface area (Å²) in [5.41, 5.74) is 3.54. The average molecular weight is 341 g/mol. The van der Waals surface area contributed by atoms with Crippen LogP contribution in [-0.2, 0) is 0 Å². The van der Waals surface area contributed by atoms with Crippen LogP contribution in [0.1, 0.15) is 0 Å². The molecular formula is C17H10BrFN2. The molecule has 0 unspecified atom stereocenters. The normalized spacial score (nSPS) is 11.3. The summed E-state index contributed by atoms with van der Waals surface area (Å²) in [5, 5.41) is 1.63. The molecule has 1 N–H and O–H groups in total. The number of para-hydroxylation sites is 1. The average Bonchev–Trinajstić information content (AvgIpc) is 2.92. The zero-order chi connectivity index (χ0) is 14.4. The number of pyridine rings is 1. The van der Waals surface area contributed by atoms with Gasteiger partial charge in [-0.25, -0.2) is 9.37 Å². The lowest BCUT2D eigenvalue weighted by atomic mass is 10.1. The number of fused-ring (bicyclic) bond motifs is 2. The fraction of sp³-hybridized carbons (Fsp3) is 0. The van der Waals surface area contributed by atoms with E-state index in [2.05, 4.69) is 25.9 Å². The molecule has 0 aliphatic rings. The smallest absolute Gasteiger partial charge is 0.132 e. The number of halogens is 2. The van der Waals surface area contributed by atoms with Crippen molar-refractivity contribution in [2.24, 2.45) is 0 Å². The summed E-state index contributed by atoms with van der Waals surface area (Å²) >= 11 is 3.53. The van der Waals surface area contributed by atoms with Gasteiger partial charge in [0.25, 0.3) is 0 Å². The molecule has 0 aliphatic carbocycles. The van der Waals surface area contributed by atoms with Gasteiger partial charge in [-0.3, -0.25) is 0 Å². The fourth-order valence-corrected chi connectivity index (χ4v) is 3.08. The van der Waals surface area contributed by atoms with Gasteiger partial charge in [0.15, 0.2) is 0 Å². The standard InChI is InChI=1S/C17H10BrFN2/c18-13-4-1-3-10-12(9-20-17(10)13)16-8-7-11-14(19)5-2-6-15(11)21-16/h1-9,20H. The number of nitrogens with one attached hydrogen (secondary N) is 1. The Morgan fingerprint density at radius 3 is 2.71 bits per heavy atom. The highest BCUT2D eigenvalue weighted by Crippen LogP contribution is 2.32. The van der Waals surface area contributed by atoms with Crippen molar-refractivity contribution < 1.29 is 4.39 Å². The Bertz CT molecular complexity index is 975. The van der Waals surface area contributed by atoms with Gasteiger partial charge >= 0.3 is 0 Å². The first-order valence-electron chi connectivity index (χ1n) is 6.55. The molecule has 0 atom stereocenters. The lowest BCUT2D eigenvalue weighted by Gasteiger charge is -2.03. The second-order valence-electron chi connectivity index (χ2n) is 4.87. The molecule has 21 heavy (non-hydrogen) atoms. The van der Waals surface area contributed by atoms with Crippen molar-refractivity contribution in [2.75, 3.05) is 0 Å². The second-order valence-corrected chi connectivity index (χ2v) is 5.72. The molecule has 4 heteroatoms. The van der Waals surface area contributed by atoms with Crippen molar-refractivity contribution in [1.29, 1.82) is 0 Å². The summed E-state index contributed by atoms with van der Waals surface area (Å²) in [4.78, 5) is 7.84. The minimum atomic E-state index is -0.242. The van der Waals surface area contributed by atoms with Crippen LogP contribution in [0.2, 0.25) is 0 Å². The molecular weight excluding hydrogens is 331 g/mol. The van der Waals surface area contributed by atoms with Crippen molar-refractivity contribution in [1.82, 2.24) is 9.97 Å². The fourth-order valence-electron chi connectivity index (χ4n) is 2.60. The van der Waals surface area contributed by atoms with E-state index in [1.165, 1.54) is 6.07 Å². The Morgan fingerprint density at radius 1 is 0.952 bits per heavy atom. The summed E-state index contributed by atoms with van der Waals surface area (Å²) in [6, 6.07) is 14.6. The van der Waals surface area contributed by atoms with Gasteiger partial charge in [0.05, 0.1) is 16.7 Å². The van der Waals surface area contributed by atoms with Crippen molar-refractivity contribution in [2.45, 2.75) is 0 Å². The number of nitrogens with zero attached hydrogens (tertiary/aromatic N) is 1. The third-order valence-corrected chi connectivity index (χ3v) is 4.28. The highest BCUT2D eigenvalue weighted by atomic mass is 79.9. The van der Waals surface area contributed by atoms with Crippen molar-refractivity contribution >= 4 is 37.7 Å². The van der Waals surface area contributed by atoms with Crippen LogP contribution in [0.3, 0.4) is 0 Å². The van der Waals surface area contributed by atoms with Gasteiger partial charge in [0.2, 0.25) is 0 Å². The van der Waals surface area contributed by atoms with Crippen molar-refractivity contribution in [3.05, 3.63) is 65.0 Å². The zero-order valence-electron chi connectivity index (χ0n) is 10.9. The third kappa shape index (κ3) is 1.94. The molecule has 2 heterocycles. The highest BCUT2D eigenvalue weighted by molar-refractivity contribution is 9.10. The van der Waals surface area contributed by atoms with Crippen LogP contribution in [0.15, 0.2) is 59.2 Å². The van der Waals surface area contributed by atoms with E-state index in [-0.39, 0.29) is 5.82 Å². The number of hydrogen-bond acceptors (Lipinski definition) is 1. The summed E-state index contributed by atoms with van der Waals surface area (Å²) in [7, 11) is 0. The van der Waals surface area contributed by atoms with Gasteiger partial charge < -0.3 is 4.98 Å². The predicted molar refractivity (Wildman–Crippen MR) is 86.7 cm³/mol.